The molecule has 0 saturated carbocycles. The van der Waals surface area contributed by atoms with Gasteiger partial charge in [-0.15, -0.1) is 0 Å². The van der Waals surface area contributed by atoms with Gasteiger partial charge in [0.15, 0.2) is 0 Å². The first-order chi connectivity index (χ1) is 7.09. The smallest absolute Gasteiger partial charge is 0.123 e. The predicted octanol–water partition coefficient (Wildman–Crippen LogP) is 1.85. The molecule has 2 atom stereocenters. The minimum atomic E-state index is -0.765. The standard InChI is InChI=1S/C11H16FNOS/c1-9(13-7-8-15(2)14)10-3-5-11(12)6-4-10/h3-6,9,13H,7-8H2,1-2H3. The van der Waals surface area contributed by atoms with E-state index in [0.29, 0.717) is 12.3 Å². The van der Waals surface area contributed by atoms with E-state index in [-0.39, 0.29) is 11.9 Å². The Kier molecular flexibility index (Phi) is 4.91. The number of halogens is 1. The highest BCUT2D eigenvalue weighted by Gasteiger charge is 2.04. The topological polar surface area (TPSA) is 29.1 Å². The normalized spacial score (nSPS) is 14.9. The fourth-order valence-electron chi connectivity index (χ4n) is 1.29. The summed E-state index contributed by atoms with van der Waals surface area (Å²) in [4.78, 5) is 0. The first kappa shape index (κ1) is 12.3. The van der Waals surface area contributed by atoms with E-state index in [1.54, 1.807) is 18.4 Å². The molecule has 0 spiro atoms. The summed E-state index contributed by atoms with van der Waals surface area (Å²) in [6, 6.07) is 6.58. The van der Waals surface area contributed by atoms with Crippen LogP contribution in [0.1, 0.15) is 18.5 Å². The highest BCUT2D eigenvalue weighted by atomic mass is 32.2. The molecule has 0 aromatic heterocycles. The molecule has 2 unspecified atom stereocenters. The first-order valence-corrected chi connectivity index (χ1v) is 6.61. The van der Waals surface area contributed by atoms with E-state index in [1.807, 2.05) is 6.92 Å². The van der Waals surface area contributed by atoms with Gasteiger partial charge in [0.1, 0.15) is 5.82 Å². The molecular formula is C11H16FNOS. The minimum absolute atomic E-state index is 0.161. The molecular weight excluding hydrogens is 213 g/mol. The average molecular weight is 229 g/mol. The highest BCUT2D eigenvalue weighted by molar-refractivity contribution is 7.84. The van der Waals surface area contributed by atoms with E-state index < -0.39 is 10.8 Å². The SMILES string of the molecule is CC(NCCS(C)=O)c1ccc(F)cc1. The second-order valence-electron chi connectivity index (χ2n) is 3.50. The van der Waals surface area contributed by atoms with Gasteiger partial charge in [-0.1, -0.05) is 12.1 Å². The number of hydrogen-bond acceptors (Lipinski definition) is 2. The Labute approximate surface area is 92.3 Å². The minimum Gasteiger partial charge on any atom is -0.309 e. The maximum Gasteiger partial charge on any atom is 0.123 e. The molecule has 2 nitrogen and oxygen atoms in total. The van der Waals surface area contributed by atoms with Crippen molar-refractivity contribution in [3.63, 3.8) is 0 Å². The Morgan fingerprint density at radius 2 is 2.00 bits per heavy atom. The van der Waals surface area contributed by atoms with E-state index in [0.717, 1.165) is 5.56 Å². The van der Waals surface area contributed by atoms with E-state index in [1.165, 1.54) is 12.1 Å². The summed E-state index contributed by atoms with van der Waals surface area (Å²) in [5.74, 6) is 0.423. The van der Waals surface area contributed by atoms with Crippen LogP contribution in [-0.4, -0.2) is 22.8 Å². The van der Waals surface area contributed by atoms with Crippen LogP contribution in [0.5, 0.6) is 0 Å². The van der Waals surface area contributed by atoms with Crippen LogP contribution in [0.3, 0.4) is 0 Å². The number of hydrogen-bond donors (Lipinski definition) is 1. The number of benzene rings is 1. The van der Waals surface area contributed by atoms with Crippen molar-refractivity contribution in [2.75, 3.05) is 18.6 Å². The summed E-state index contributed by atoms with van der Waals surface area (Å²) in [6.45, 7) is 2.72. The first-order valence-electron chi connectivity index (χ1n) is 4.88. The lowest BCUT2D eigenvalue weighted by atomic mass is 10.1. The zero-order chi connectivity index (χ0) is 11.3. The van der Waals surface area contributed by atoms with Crippen LogP contribution in [0.2, 0.25) is 0 Å². The van der Waals surface area contributed by atoms with Crippen molar-refractivity contribution in [1.82, 2.24) is 5.32 Å². The molecule has 84 valence electrons. The lowest BCUT2D eigenvalue weighted by Crippen LogP contribution is -2.23. The fraction of sp³-hybridized carbons (Fsp3) is 0.455. The Hall–Kier alpha value is -0.740. The van der Waals surface area contributed by atoms with E-state index >= 15 is 0 Å². The van der Waals surface area contributed by atoms with Crippen LogP contribution in [0.4, 0.5) is 4.39 Å². The van der Waals surface area contributed by atoms with Gasteiger partial charge in [0.05, 0.1) is 0 Å². The van der Waals surface area contributed by atoms with Gasteiger partial charge in [-0.2, -0.15) is 0 Å². The van der Waals surface area contributed by atoms with Crippen LogP contribution < -0.4 is 5.32 Å². The molecule has 0 aliphatic carbocycles. The Balaban J connectivity index is 2.43. The van der Waals surface area contributed by atoms with Crippen molar-refractivity contribution >= 4 is 10.8 Å². The third kappa shape index (κ3) is 4.53. The quantitative estimate of drug-likeness (QED) is 0.835. The van der Waals surface area contributed by atoms with Gasteiger partial charge in [0.2, 0.25) is 0 Å². The van der Waals surface area contributed by atoms with Gasteiger partial charge in [0.25, 0.3) is 0 Å². The maximum atomic E-state index is 12.6. The monoisotopic (exact) mass is 229 g/mol. The summed E-state index contributed by atoms with van der Waals surface area (Å²) >= 11 is 0. The molecule has 0 saturated heterocycles. The highest BCUT2D eigenvalue weighted by Crippen LogP contribution is 2.12. The Morgan fingerprint density at radius 1 is 1.40 bits per heavy atom. The van der Waals surface area contributed by atoms with Crippen LogP contribution in [-0.2, 0) is 10.8 Å². The fourth-order valence-corrected chi connectivity index (χ4v) is 1.69. The average Bonchev–Trinajstić information content (AvgIpc) is 2.18. The summed E-state index contributed by atoms with van der Waals surface area (Å²) in [5, 5.41) is 3.23. The van der Waals surface area contributed by atoms with E-state index in [9.17, 15) is 8.60 Å². The zero-order valence-electron chi connectivity index (χ0n) is 9.00. The zero-order valence-corrected chi connectivity index (χ0v) is 9.81. The van der Waals surface area contributed by atoms with Crippen molar-refractivity contribution in [3.8, 4) is 0 Å². The maximum absolute atomic E-state index is 12.6. The molecule has 0 bridgehead atoms. The molecule has 0 amide bonds. The summed E-state index contributed by atoms with van der Waals surface area (Å²) in [5.41, 5.74) is 1.04. The van der Waals surface area contributed by atoms with Crippen molar-refractivity contribution in [3.05, 3.63) is 35.6 Å². The summed E-state index contributed by atoms with van der Waals surface area (Å²) in [6.07, 6.45) is 1.68. The molecule has 1 N–H and O–H groups in total. The van der Waals surface area contributed by atoms with Crippen molar-refractivity contribution in [1.29, 1.82) is 0 Å². The van der Waals surface area contributed by atoms with Gasteiger partial charge in [0, 0.05) is 35.4 Å². The van der Waals surface area contributed by atoms with E-state index in [2.05, 4.69) is 5.32 Å². The lowest BCUT2D eigenvalue weighted by Gasteiger charge is -2.13. The predicted molar refractivity (Wildman–Crippen MR) is 61.8 cm³/mol. The molecule has 1 aromatic rings. The van der Waals surface area contributed by atoms with Crippen LogP contribution in [0, 0.1) is 5.82 Å². The summed E-state index contributed by atoms with van der Waals surface area (Å²) < 4.78 is 23.5. The second-order valence-corrected chi connectivity index (χ2v) is 5.06. The number of rotatable bonds is 5. The molecule has 15 heavy (non-hydrogen) atoms. The molecule has 4 heteroatoms. The van der Waals surface area contributed by atoms with Crippen molar-refractivity contribution < 1.29 is 8.60 Å². The van der Waals surface area contributed by atoms with E-state index in [4.69, 9.17) is 0 Å². The number of nitrogens with one attached hydrogen (secondary N) is 1. The van der Waals surface area contributed by atoms with Gasteiger partial charge >= 0.3 is 0 Å². The third-order valence-electron chi connectivity index (χ3n) is 2.21. The van der Waals surface area contributed by atoms with Gasteiger partial charge in [-0.05, 0) is 24.6 Å². The Bertz CT molecular complexity index is 326. The van der Waals surface area contributed by atoms with Gasteiger partial charge < -0.3 is 5.32 Å². The van der Waals surface area contributed by atoms with Gasteiger partial charge in [-0.25, -0.2) is 4.39 Å². The molecule has 0 heterocycles. The Morgan fingerprint density at radius 3 is 2.53 bits per heavy atom. The van der Waals surface area contributed by atoms with Crippen molar-refractivity contribution in [2.45, 2.75) is 13.0 Å². The van der Waals surface area contributed by atoms with Crippen LogP contribution in [0.25, 0.3) is 0 Å². The molecule has 0 radical (unpaired) electrons. The van der Waals surface area contributed by atoms with Crippen LogP contribution >= 0.6 is 0 Å². The molecule has 0 aliphatic heterocycles. The molecule has 1 aromatic carbocycles. The molecule has 0 fully saturated rings. The summed E-state index contributed by atoms with van der Waals surface area (Å²) in [7, 11) is -0.765. The molecule has 0 aliphatic rings. The second kappa shape index (κ2) is 5.98. The lowest BCUT2D eigenvalue weighted by molar-refractivity contribution is 0.591. The third-order valence-corrected chi connectivity index (χ3v) is 2.99. The van der Waals surface area contributed by atoms with Crippen molar-refractivity contribution in [2.24, 2.45) is 0 Å². The van der Waals surface area contributed by atoms with Gasteiger partial charge in [-0.3, -0.25) is 4.21 Å². The van der Waals surface area contributed by atoms with Crippen LogP contribution in [0.15, 0.2) is 24.3 Å². The molecule has 1 rings (SSSR count). The largest absolute Gasteiger partial charge is 0.309 e.